The average Bonchev–Trinajstić information content (AvgIpc) is 2.64. The lowest BCUT2D eigenvalue weighted by atomic mass is 9.88. The van der Waals surface area contributed by atoms with Crippen LogP contribution in [0, 0.1) is 5.41 Å². The van der Waals surface area contributed by atoms with Crippen LogP contribution in [0.2, 0.25) is 0 Å². The summed E-state index contributed by atoms with van der Waals surface area (Å²) in [5.41, 5.74) is -0.667. The van der Waals surface area contributed by atoms with Crippen molar-refractivity contribution in [2.75, 3.05) is 19.8 Å². The zero-order valence-electron chi connectivity index (χ0n) is 17.1. The van der Waals surface area contributed by atoms with Crippen molar-refractivity contribution >= 4 is 17.9 Å². The number of aliphatic hydroxyl groups is 3. The molecule has 0 atom stereocenters. The normalized spacial score (nSPS) is 10.2. The summed E-state index contributed by atoms with van der Waals surface area (Å²) < 4.78 is 0. The van der Waals surface area contributed by atoms with Gasteiger partial charge in [-0.2, -0.15) is 0 Å². The second-order valence-electron chi connectivity index (χ2n) is 6.53. The molecule has 0 saturated carbocycles. The highest BCUT2D eigenvalue weighted by atomic mass is 16.4. The van der Waals surface area contributed by atoms with Crippen molar-refractivity contribution in [1.82, 2.24) is 0 Å². The highest BCUT2D eigenvalue weighted by Crippen LogP contribution is 2.18. The molecule has 168 valence electrons. The number of hydrogen-bond acceptors (Lipinski definition) is 6. The maximum atomic E-state index is 10.0. The van der Waals surface area contributed by atoms with Crippen LogP contribution >= 0.6 is 0 Å². The molecular formula is C19H38O9. The van der Waals surface area contributed by atoms with E-state index in [1.807, 2.05) is 6.92 Å². The smallest absolute Gasteiger partial charge is 0.303 e. The Kier molecular flexibility index (Phi) is 23.9. The minimum absolute atomic E-state index is 0.0632. The van der Waals surface area contributed by atoms with E-state index >= 15 is 0 Å². The van der Waals surface area contributed by atoms with Gasteiger partial charge in [0, 0.05) is 24.7 Å². The zero-order valence-corrected chi connectivity index (χ0v) is 17.1. The molecule has 0 heterocycles. The molecule has 0 aromatic rings. The Labute approximate surface area is 167 Å². The Morgan fingerprint density at radius 1 is 0.607 bits per heavy atom. The molecule has 0 saturated heterocycles. The molecule has 0 amide bonds. The fourth-order valence-electron chi connectivity index (χ4n) is 1.76. The van der Waals surface area contributed by atoms with E-state index < -0.39 is 23.3 Å². The van der Waals surface area contributed by atoms with Crippen LogP contribution in [-0.4, -0.2) is 68.4 Å². The van der Waals surface area contributed by atoms with Gasteiger partial charge in [0.15, 0.2) is 0 Å². The van der Waals surface area contributed by atoms with Gasteiger partial charge in [0.2, 0.25) is 0 Å². The number of aliphatic carboxylic acids is 3. The molecule has 6 N–H and O–H groups in total. The summed E-state index contributed by atoms with van der Waals surface area (Å²) in [6.07, 6.45) is 6.56. The quantitative estimate of drug-likeness (QED) is 0.234. The van der Waals surface area contributed by atoms with Crippen LogP contribution in [0.15, 0.2) is 0 Å². The van der Waals surface area contributed by atoms with Crippen molar-refractivity contribution in [1.29, 1.82) is 0 Å². The number of aliphatic hydroxyl groups excluding tert-OH is 3. The summed E-state index contributed by atoms with van der Waals surface area (Å²) in [7, 11) is 0. The minimum Gasteiger partial charge on any atom is -0.481 e. The van der Waals surface area contributed by atoms with Gasteiger partial charge in [-0.3, -0.25) is 14.4 Å². The van der Waals surface area contributed by atoms with Crippen molar-refractivity contribution in [3.63, 3.8) is 0 Å². The van der Waals surface area contributed by atoms with E-state index in [2.05, 4.69) is 6.92 Å². The Bertz CT molecular complexity index is 361. The Morgan fingerprint density at radius 3 is 1.21 bits per heavy atom. The van der Waals surface area contributed by atoms with Crippen LogP contribution in [0.25, 0.3) is 0 Å². The van der Waals surface area contributed by atoms with Crippen molar-refractivity contribution in [2.24, 2.45) is 5.41 Å². The molecule has 0 spiro atoms. The first-order valence-corrected chi connectivity index (χ1v) is 9.62. The van der Waals surface area contributed by atoms with E-state index in [1.165, 1.54) is 19.3 Å². The van der Waals surface area contributed by atoms with Gasteiger partial charge in [-0.05, 0) is 19.3 Å². The van der Waals surface area contributed by atoms with Gasteiger partial charge in [0.25, 0.3) is 0 Å². The molecule has 28 heavy (non-hydrogen) atoms. The lowest BCUT2D eigenvalue weighted by Crippen LogP contribution is -2.32. The molecule has 0 unspecified atom stereocenters. The molecule has 0 aliphatic rings. The maximum absolute atomic E-state index is 10.0. The third-order valence-corrected chi connectivity index (χ3v) is 4.03. The molecule has 0 aliphatic heterocycles. The Hall–Kier alpha value is -1.71. The molecule has 0 aromatic carbocycles. The molecule has 9 heteroatoms. The predicted molar refractivity (Wildman–Crippen MR) is 104 cm³/mol. The zero-order chi connectivity index (χ0) is 22.4. The summed E-state index contributed by atoms with van der Waals surface area (Å²) in [4.78, 5) is 29.6. The van der Waals surface area contributed by atoms with Gasteiger partial charge in [-0.25, -0.2) is 0 Å². The fraction of sp³-hybridized carbons (Fsp3) is 0.842. The van der Waals surface area contributed by atoms with Crippen LogP contribution in [0.4, 0.5) is 0 Å². The molecule has 0 bridgehead atoms. The van der Waals surface area contributed by atoms with Crippen molar-refractivity contribution < 1.29 is 45.0 Å². The maximum Gasteiger partial charge on any atom is 0.303 e. The lowest BCUT2D eigenvalue weighted by Gasteiger charge is -2.24. The van der Waals surface area contributed by atoms with Crippen LogP contribution in [-0.2, 0) is 14.4 Å². The molecule has 0 rings (SSSR count). The summed E-state index contributed by atoms with van der Waals surface area (Å²) >= 11 is 0. The van der Waals surface area contributed by atoms with Crippen LogP contribution in [0.3, 0.4) is 0 Å². The van der Waals surface area contributed by atoms with E-state index in [0.717, 1.165) is 12.8 Å². The van der Waals surface area contributed by atoms with Gasteiger partial charge < -0.3 is 30.6 Å². The highest BCUT2D eigenvalue weighted by molar-refractivity contribution is 5.69. The monoisotopic (exact) mass is 410 g/mol. The van der Waals surface area contributed by atoms with E-state index in [1.54, 1.807) is 0 Å². The first kappa shape index (κ1) is 31.0. The van der Waals surface area contributed by atoms with E-state index in [-0.39, 0.29) is 39.1 Å². The van der Waals surface area contributed by atoms with Crippen LogP contribution < -0.4 is 0 Å². The molecule has 9 nitrogen and oxygen atoms in total. The van der Waals surface area contributed by atoms with Gasteiger partial charge in [-0.15, -0.1) is 0 Å². The number of carboxylic acid groups (broad SMARTS) is 3. The van der Waals surface area contributed by atoms with E-state index in [4.69, 9.17) is 30.6 Å². The number of carboxylic acids is 3. The first-order chi connectivity index (χ1) is 13.1. The standard InChI is InChI=1S/C8H16O2.C6H14O3.C5H8O4/c1-2-3-4-5-6-7-8(9)10;1-2-6(3-7,4-8)5-9;6-4(7)2-1-3-5(8)9/h2-7H2,1H3,(H,9,10);7-9H,2-5H2,1H3;1-3H2,(H,6,7)(H,8,9). The second-order valence-corrected chi connectivity index (χ2v) is 6.53. The van der Waals surface area contributed by atoms with E-state index in [0.29, 0.717) is 12.8 Å². The summed E-state index contributed by atoms with van der Waals surface area (Å²) in [5, 5.41) is 50.3. The van der Waals surface area contributed by atoms with Crippen molar-refractivity contribution in [2.45, 2.75) is 78.1 Å². The third kappa shape index (κ3) is 24.3. The van der Waals surface area contributed by atoms with Gasteiger partial charge in [0.1, 0.15) is 0 Å². The molecular weight excluding hydrogens is 372 g/mol. The van der Waals surface area contributed by atoms with Crippen LogP contribution in [0.5, 0.6) is 0 Å². The number of hydrogen-bond donors (Lipinski definition) is 6. The summed E-state index contributed by atoms with van der Waals surface area (Å²) in [6, 6.07) is 0. The average molecular weight is 411 g/mol. The van der Waals surface area contributed by atoms with Crippen LogP contribution in [0.1, 0.15) is 78.1 Å². The van der Waals surface area contributed by atoms with Gasteiger partial charge >= 0.3 is 17.9 Å². The van der Waals surface area contributed by atoms with Crippen molar-refractivity contribution in [3.05, 3.63) is 0 Å². The van der Waals surface area contributed by atoms with Gasteiger partial charge in [0.05, 0.1) is 19.8 Å². The topological polar surface area (TPSA) is 173 Å². The minimum atomic E-state index is -0.948. The molecule has 0 fully saturated rings. The first-order valence-electron chi connectivity index (χ1n) is 9.62. The van der Waals surface area contributed by atoms with E-state index in [9.17, 15) is 14.4 Å². The predicted octanol–water partition coefficient (Wildman–Crippen LogP) is 2.12. The molecule has 0 aromatic heterocycles. The summed E-state index contributed by atoms with van der Waals surface area (Å²) in [6.45, 7) is 3.50. The number of rotatable bonds is 14. The van der Waals surface area contributed by atoms with Crippen molar-refractivity contribution in [3.8, 4) is 0 Å². The SMILES string of the molecule is CCC(CO)(CO)CO.CCCCCCCC(=O)O.O=C(O)CCCC(=O)O. The molecule has 0 radical (unpaired) electrons. The molecule has 0 aliphatic carbocycles. The number of carbonyl (C=O) groups is 3. The fourth-order valence-corrected chi connectivity index (χ4v) is 1.76. The lowest BCUT2D eigenvalue weighted by molar-refractivity contribution is -0.139. The second kappa shape index (κ2) is 21.6. The highest BCUT2D eigenvalue weighted by Gasteiger charge is 2.24. The largest absolute Gasteiger partial charge is 0.481 e. The Balaban J connectivity index is -0.000000336. The number of unbranched alkanes of at least 4 members (excludes halogenated alkanes) is 4. The Morgan fingerprint density at radius 2 is 0.964 bits per heavy atom. The third-order valence-electron chi connectivity index (χ3n) is 4.03. The summed E-state index contributed by atoms with van der Waals surface area (Å²) in [5.74, 6) is -2.57. The van der Waals surface area contributed by atoms with Gasteiger partial charge in [-0.1, -0.05) is 39.5 Å².